The van der Waals surface area contributed by atoms with Crippen LogP contribution in [0.15, 0.2) is 24.3 Å². The van der Waals surface area contributed by atoms with Gasteiger partial charge in [-0.2, -0.15) is 0 Å². The molecule has 0 saturated carbocycles. The van der Waals surface area contributed by atoms with Crippen LogP contribution in [-0.2, 0) is 9.12 Å². The van der Waals surface area contributed by atoms with E-state index in [-0.39, 0.29) is 5.56 Å². The van der Waals surface area contributed by atoms with Crippen molar-refractivity contribution in [1.82, 2.24) is 0 Å². The van der Waals surface area contributed by atoms with Gasteiger partial charge < -0.3 is 10.2 Å². The number of rotatable bonds is 3. The first kappa shape index (κ1) is 11.7. The molecule has 0 saturated heterocycles. The third-order valence-electron chi connectivity index (χ3n) is 2.05. The van der Waals surface area contributed by atoms with E-state index in [4.69, 9.17) is 10.2 Å². The van der Waals surface area contributed by atoms with Gasteiger partial charge >= 0.3 is 11.9 Å². The Morgan fingerprint density at radius 2 is 1.93 bits per heavy atom. The Morgan fingerprint density at radius 1 is 1.33 bits per heavy atom. The molecule has 1 unspecified atom stereocenters. The zero-order chi connectivity index (χ0) is 11.6. The number of alkyl halides is 1. The highest BCUT2D eigenvalue weighted by Gasteiger charge is 2.32. The minimum atomic E-state index is -1.27. The van der Waals surface area contributed by atoms with Crippen molar-refractivity contribution in [1.29, 1.82) is 0 Å². The van der Waals surface area contributed by atoms with E-state index in [2.05, 4.69) is 15.9 Å². The highest BCUT2D eigenvalue weighted by Crippen LogP contribution is 2.31. The highest BCUT2D eigenvalue weighted by molar-refractivity contribution is 9.10. The lowest BCUT2D eigenvalue weighted by atomic mass is 9.99. The summed E-state index contributed by atoms with van der Waals surface area (Å²) in [6.07, 6.45) is 0. The number of carboxylic acids is 2. The van der Waals surface area contributed by atoms with Crippen LogP contribution < -0.4 is 0 Å². The average molecular weight is 273 g/mol. The maximum absolute atomic E-state index is 10.9. The molecule has 2 N–H and O–H groups in total. The first-order chi connectivity index (χ1) is 6.85. The molecule has 0 heterocycles. The molecule has 5 heteroatoms. The molecule has 0 aliphatic rings. The molecule has 15 heavy (non-hydrogen) atoms. The van der Waals surface area contributed by atoms with E-state index in [1.165, 1.54) is 25.1 Å². The first-order valence-electron chi connectivity index (χ1n) is 4.12. The Balaban J connectivity index is 3.21. The number of benzene rings is 1. The normalized spacial score (nSPS) is 14.3. The fourth-order valence-corrected chi connectivity index (χ4v) is 1.31. The first-order valence-corrected chi connectivity index (χ1v) is 4.91. The van der Waals surface area contributed by atoms with Crippen molar-refractivity contribution in [3.8, 4) is 0 Å². The molecule has 4 nitrogen and oxygen atoms in total. The van der Waals surface area contributed by atoms with Crippen molar-refractivity contribution in [3.63, 3.8) is 0 Å². The minimum absolute atomic E-state index is 0.0689. The lowest BCUT2D eigenvalue weighted by Crippen LogP contribution is -2.25. The molecule has 0 spiro atoms. The Morgan fingerprint density at radius 3 is 2.40 bits per heavy atom. The van der Waals surface area contributed by atoms with Gasteiger partial charge in [-0.05, 0) is 24.6 Å². The smallest absolute Gasteiger partial charge is 0.335 e. The molecule has 80 valence electrons. The van der Waals surface area contributed by atoms with Crippen molar-refractivity contribution in [2.75, 3.05) is 0 Å². The Labute approximate surface area is 94.7 Å². The Kier molecular flexibility index (Phi) is 3.14. The molecule has 0 bridgehead atoms. The second kappa shape index (κ2) is 4.02. The van der Waals surface area contributed by atoms with Crippen LogP contribution in [0.2, 0.25) is 0 Å². The Hall–Kier alpha value is -1.36. The van der Waals surface area contributed by atoms with Gasteiger partial charge in [0, 0.05) is 0 Å². The summed E-state index contributed by atoms with van der Waals surface area (Å²) in [5.41, 5.74) is 0.467. The number of carboxylic acid groups (broad SMARTS) is 2. The summed E-state index contributed by atoms with van der Waals surface area (Å²) in [4.78, 5) is 21.6. The van der Waals surface area contributed by atoms with E-state index in [1.54, 1.807) is 6.07 Å². The van der Waals surface area contributed by atoms with Gasteiger partial charge in [0.25, 0.3) is 0 Å². The van der Waals surface area contributed by atoms with Crippen molar-refractivity contribution in [2.45, 2.75) is 11.2 Å². The standard InChI is InChI=1S/C10H9BrO4/c1-10(11,9(14)15)7-4-2-3-6(5-7)8(12)13/h2-5H,1H3,(H,12,13)(H,14,15). The molecule has 0 fully saturated rings. The summed E-state index contributed by atoms with van der Waals surface area (Å²) >= 11 is 3.05. The number of carbonyl (C=O) groups is 2. The molecule has 0 aromatic heterocycles. The summed E-state index contributed by atoms with van der Waals surface area (Å²) in [6, 6.07) is 5.83. The second-order valence-electron chi connectivity index (χ2n) is 3.19. The Bertz CT molecular complexity index is 412. The van der Waals surface area contributed by atoms with Crippen molar-refractivity contribution in [3.05, 3.63) is 35.4 Å². The minimum Gasteiger partial charge on any atom is -0.480 e. The zero-order valence-electron chi connectivity index (χ0n) is 7.90. The van der Waals surface area contributed by atoms with Gasteiger partial charge in [0.05, 0.1) is 5.56 Å². The monoisotopic (exact) mass is 272 g/mol. The maximum atomic E-state index is 10.9. The molecule has 0 amide bonds. The van der Waals surface area contributed by atoms with E-state index < -0.39 is 16.3 Å². The van der Waals surface area contributed by atoms with Gasteiger partial charge in [-0.1, -0.05) is 28.1 Å². The molecular weight excluding hydrogens is 264 g/mol. The van der Waals surface area contributed by atoms with Crippen molar-refractivity contribution in [2.24, 2.45) is 0 Å². The fraction of sp³-hybridized carbons (Fsp3) is 0.200. The van der Waals surface area contributed by atoms with Crippen LogP contribution in [0, 0.1) is 0 Å². The van der Waals surface area contributed by atoms with Crippen LogP contribution in [-0.4, -0.2) is 22.2 Å². The molecule has 1 atom stereocenters. The number of aromatic carboxylic acids is 1. The van der Waals surface area contributed by atoms with E-state index in [9.17, 15) is 9.59 Å². The number of hydrogen-bond donors (Lipinski definition) is 2. The highest BCUT2D eigenvalue weighted by atomic mass is 79.9. The van der Waals surface area contributed by atoms with Crippen molar-refractivity contribution >= 4 is 27.9 Å². The zero-order valence-corrected chi connectivity index (χ0v) is 9.48. The lowest BCUT2D eigenvalue weighted by Gasteiger charge is -2.17. The average Bonchev–Trinajstić information content (AvgIpc) is 2.17. The van der Waals surface area contributed by atoms with Gasteiger partial charge in [0.2, 0.25) is 0 Å². The van der Waals surface area contributed by atoms with Crippen LogP contribution >= 0.6 is 15.9 Å². The summed E-state index contributed by atoms with van der Waals surface area (Å²) in [7, 11) is 0. The largest absolute Gasteiger partial charge is 0.480 e. The van der Waals surface area contributed by atoms with Crippen LogP contribution in [0.1, 0.15) is 22.8 Å². The molecule has 1 aromatic rings. The lowest BCUT2D eigenvalue weighted by molar-refractivity contribution is -0.139. The molecular formula is C10H9BrO4. The molecule has 0 radical (unpaired) electrons. The topological polar surface area (TPSA) is 74.6 Å². The quantitative estimate of drug-likeness (QED) is 0.827. The van der Waals surface area contributed by atoms with E-state index >= 15 is 0 Å². The van der Waals surface area contributed by atoms with E-state index in [1.807, 2.05) is 0 Å². The molecule has 1 rings (SSSR count). The van der Waals surface area contributed by atoms with Crippen molar-refractivity contribution < 1.29 is 19.8 Å². The van der Waals surface area contributed by atoms with Gasteiger partial charge in [-0.3, -0.25) is 4.79 Å². The summed E-state index contributed by atoms with van der Waals surface area (Å²) < 4.78 is -1.27. The van der Waals surface area contributed by atoms with Gasteiger partial charge in [0.15, 0.2) is 0 Å². The number of hydrogen-bond acceptors (Lipinski definition) is 2. The predicted molar refractivity (Wildman–Crippen MR) is 57.3 cm³/mol. The summed E-state index contributed by atoms with van der Waals surface area (Å²) in [5, 5.41) is 17.7. The fourth-order valence-electron chi connectivity index (χ4n) is 1.07. The molecule has 0 aliphatic carbocycles. The van der Waals surface area contributed by atoms with Crippen LogP contribution in [0.4, 0.5) is 0 Å². The van der Waals surface area contributed by atoms with E-state index in [0.29, 0.717) is 5.56 Å². The number of halogens is 1. The van der Waals surface area contributed by atoms with E-state index in [0.717, 1.165) is 0 Å². The van der Waals surface area contributed by atoms with Crippen LogP contribution in [0.5, 0.6) is 0 Å². The SMILES string of the molecule is CC(Br)(C(=O)O)c1cccc(C(=O)O)c1. The molecule has 1 aromatic carbocycles. The third-order valence-corrected chi connectivity index (χ3v) is 2.85. The third kappa shape index (κ3) is 2.36. The van der Waals surface area contributed by atoms with Gasteiger partial charge in [-0.15, -0.1) is 0 Å². The summed E-state index contributed by atoms with van der Waals surface area (Å²) in [5.74, 6) is -2.14. The summed E-state index contributed by atoms with van der Waals surface area (Å²) in [6.45, 7) is 1.45. The van der Waals surface area contributed by atoms with Gasteiger partial charge in [-0.25, -0.2) is 4.79 Å². The van der Waals surface area contributed by atoms with Gasteiger partial charge in [0.1, 0.15) is 4.32 Å². The van der Waals surface area contributed by atoms with Crippen LogP contribution in [0.3, 0.4) is 0 Å². The predicted octanol–water partition coefficient (Wildman–Crippen LogP) is 2.08. The maximum Gasteiger partial charge on any atom is 0.335 e. The molecule has 0 aliphatic heterocycles. The second-order valence-corrected chi connectivity index (χ2v) is 4.78. The van der Waals surface area contributed by atoms with Crippen LogP contribution in [0.25, 0.3) is 0 Å². The number of aliphatic carboxylic acids is 1.